The Labute approximate surface area is 92.7 Å². The van der Waals surface area contributed by atoms with E-state index in [1.165, 1.54) is 6.20 Å². The average molecular weight is 242 g/mol. The fourth-order valence-corrected chi connectivity index (χ4v) is 2.05. The van der Waals surface area contributed by atoms with Gasteiger partial charge in [-0.15, -0.1) is 0 Å². The Hall–Kier alpha value is -1.44. The van der Waals surface area contributed by atoms with Gasteiger partial charge in [-0.3, -0.25) is 14.9 Å². The molecule has 0 radical (unpaired) electrons. The second kappa shape index (κ2) is 4.20. The van der Waals surface area contributed by atoms with E-state index < -0.39 is 10.1 Å². The summed E-state index contributed by atoms with van der Waals surface area (Å²) in [4.78, 5) is 8.63. The molecule has 0 spiro atoms. The maximum absolute atomic E-state index is 11.1. The molecule has 0 saturated heterocycles. The van der Waals surface area contributed by atoms with E-state index in [0.717, 1.165) is 0 Å². The van der Waals surface area contributed by atoms with Gasteiger partial charge in [-0.2, -0.15) is 8.42 Å². The van der Waals surface area contributed by atoms with Crippen molar-refractivity contribution in [2.75, 3.05) is 6.61 Å². The molecule has 0 bridgehead atoms. The van der Waals surface area contributed by atoms with E-state index in [1.807, 2.05) is 0 Å². The molecule has 0 unspecified atom stereocenters. The molecule has 0 atom stereocenters. The van der Waals surface area contributed by atoms with Crippen molar-refractivity contribution in [3.05, 3.63) is 30.0 Å². The molecule has 0 aromatic carbocycles. The van der Waals surface area contributed by atoms with Crippen molar-refractivity contribution in [2.45, 2.75) is 11.4 Å². The second-order valence-corrected chi connectivity index (χ2v) is 4.53. The molecule has 7 heteroatoms. The molecule has 0 amide bonds. The smallest absolute Gasteiger partial charge is 0.281 e. The predicted molar refractivity (Wildman–Crippen MR) is 55.7 cm³/mol. The molecule has 2 N–H and O–H groups in total. The molecule has 86 valence electrons. The van der Waals surface area contributed by atoms with Crippen molar-refractivity contribution in [1.82, 2.24) is 10.5 Å². The standard InChI is InChI=1S/C9H10N2O4S/c12-16(13,14)9-7(3-1-5-10-9)8-4-2-6-15-11-8/h1,3-5,11H,2,6H2,(H,12,13,14). The fourth-order valence-electron chi connectivity index (χ4n) is 1.40. The molecule has 1 aromatic rings. The lowest BCUT2D eigenvalue weighted by molar-refractivity contribution is 0.0739. The topological polar surface area (TPSA) is 88.5 Å². The summed E-state index contributed by atoms with van der Waals surface area (Å²) >= 11 is 0. The number of nitrogens with one attached hydrogen (secondary N) is 1. The van der Waals surface area contributed by atoms with Gasteiger partial charge in [0.15, 0.2) is 5.03 Å². The minimum Gasteiger partial charge on any atom is -0.281 e. The molecule has 1 aliphatic heterocycles. The first-order chi connectivity index (χ1) is 7.59. The molecule has 1 aliphatic rings. The van der Waals surface area contributed by atoms with Gasteiger partial charge >= 0.3 is 10.1 Å². The molecular formula is C9H10N2O4S. The van der Waals surface area contributed by atoms with Gasteiger partial charge in [0, 0.05) is 11.8 Å². The normalized spacial score (nSPS) is 16.4. The van der Waals surface area contributed by atoms with Crippen molar-refractivity contribution >= 4 is 15.8 Å². The van der Waals surface area contributed by atoms with Crippen LogP contribution in [0.15, 0.2) is 29.4 Å². The van der Waals surface area contributed by atoms with Crippen LogP contribution in [0.1, 0.15) is 12.0 Å². The van der Waals surface area contributed by atoms with Gasteiger partial charge in [-0.1, -0.05) is 6.08 Å². The van der Waals surface area contributed by atoms with E-state index in [-0.39, 0.29) is 5.03 Å². The molecule has 6 nitrogen and oxygen atoms in total. The Morgan fingerprint density at radius 2 is 2.31 bits per heavy atom. The van der Waals surface area contributed by atoms with Crippen molar-refractivity contribution in [3.8, 4) is 0 Å². The highest BCUT2D eigenvalue weighted by molar-refractivity contribution is 7.85. The van der Waals surface area contributed by atoms with E-state index in [1.54, 1.807) is 18.2 Å². The van der Waals surface area contributed by atoms with Crippen LogP contribution >= 0.6 is 0 Å². The van der Waals surface area contributed by atoms with E-state index in [9.17, 15) is 8.42 Å². The molecule has 2 heterocycles. The number of aromatic nitrogens is 1. The van der Waals surface area contributed by atoms with Crippen molar-refractivity contribution in [2.24, 2.45) is 0 Å². The monoisotopic (exact) mass is 242 g/mol. The van der Waals surface area contributed by atoms with Gasteiger partial charge in [0.1, 0.15) is 0 Å². The van der Waals surface area contributed by atoms with E-state index in [2.05, 4.69) is 10.5 Å². The van der Waals surface area contributed by atoms with Gasteiger partial charge < -0.3 is 0 Å². The third-order valence-corrected chi connectivity index (χ3v) is 2.87. The second-order valence-electron chi connectivity index (χ2n) is 3.19. The van der Waals surface area contributed by atoms with Gasteiger partial charge in [-0.25, -0.2) is 4.98 Å². The number of rotatable bonds is 2. The van der Waals surface area contributed by atoms with Crippen LogP contribution in [0.5, 0.6) is 0 Å². The third kappa shape index (κ3) is 2.21. The number of nitrogens with zero attached hydrogens (tertiary/aromatic N) is 1. The van der Waals surface area contributed by atoms with Gasteiger partial charge in [-0.05, 0) is 18.6 Å². The lowest BCUT2D eigenvalue weighted by Crippen LogP contribution is -2.20. The van der Waals surface area contributed by atoms with E-state index in [0.29, 0.717) is 24.3 Å². The minimum absolute atomic E-state index is 0.296. The highest BCUT2D eigenvalue weighted by atomic mass is 32.2. The van der Waals surface area contributed by atoms with Gasteiger partial charge in [0.25, 0.3) is 0 Å². The Morgan fingerprint density at radius 1 is 1.50 bits per heavy atom. The number of pyridine rings is 1. The summed E-state index contributed by atoms with van der Waals surface area (Å²) < 4.78 is 31.2. The van der Waals surface area contributed by atoms with Crippen molar-refractivity contribution in [1.29, 1.82) is 0 Å². The summed E-state index contributed by atoms with van der Waals surface area (Å²) in [5.74, 6) is 0. The summed E-state index contributed by atoms with van der Waals surface area (Å²) in [6.07, 6.45) is 3.76. The van der Waals surface area contributed by atoms with Crippen molar-refractivity contribution in [3.63, 3.8) is 0 Å². The molecule has 0 aliphatic carbocycles. The van der Waals surface area contributed by atoms with Crippen LogP contribution in [0.4, 0.5) is 0 Å². The lowest BCUT2D eigenvalue weighted by atomic mass is 10.2. The van der Waals surface area contributed by atoms with Crippen LogP contribution in [0, 0.1) is 0 Å². The quantitative estimate of drug-likeness (QED) is 0.738. The molecular weight excluding hydrogens is 232 g/mol. The summed E-state index contributed by atoms with van der Waals surface area (Å²) in [6.45, 7) is 0.519. The summed E-state index contributed by atoms with van der Waals surface area (Å²) in [6, 6.07) is 3.13. The Balaban J connectivity index is 2.52. The van der Waals surface area contributed by atoms with Crippen molar-refractivity contribution < 1.29 is 17.8 Å². The Kier molecular flexibility index (Phi) is 2.90. The number of hydrogen-bond acceptors (Lipinski definition) is 5. The average Bonchev–Trinajstić information content (AvgIpc) is 2.29. The zero-order chi connectivity index (χ0) is 11.6. The third-order valence-electron chi connectivity index (χ3n) is 2.06. The first-order valence-corrected chi connectivity index (χ1v) is 6.04. The Morgan fingerprint density at radius 3 is 2.94 bits per heavy atom. The zero-order valence-corrected chi connectivity index (χ0v) is 9.07. The van der Waals surface area contributed by atoms with Gasteiger partial charge in [0.05, 0.1) is 12.3 Å². The number of hydrogen-bond donors (Lipinski definition) is 2. The number of hydroxylamine groups is 1. The maximum atomic E-state index is 11.1. The molecule has 16 heavy (non-hydrogen) atoms. The van der Waals surface area contributed by atoms with Crippen LogP contribution in [-0.2, 0) is 15.0 Å². The van der Waals surface area contributed by atoms with Crippen LogP contribution in [0.25, 0.3) is 5.70 Å². The lowest BCUT2D eigenvalue weighted by Gasteiger charge is -2.16. The first kappa shape index (κ1) is 11.1. The van der Waals surface area contributed by atoms with E-state index in [4.69, 9.17) is 9.39 Å². The van der Waals surface area contributed by atoms with E-state index >= 15 is 0 Å². The highest BCUT2D eigenvalue weighted by Crippen LogP contribution is 2.21. The maximum Gasteiger partial charge on any atom is 0.312 e. The van der Waals surface area contributed by atoms with Crippen LogP contribution < -0.4 is 5.48 Å². The van der Waals surface area contributed by atoms with Crippen LogP contribution in [0.3, 0.4) is 0 Å². The molecule has 0 saturated carbocycles. The predicted octanol–water partition coefficient (Wildman–Crippen LogP) is 0.594. The fraction of sp³-hybridized carbons (Fsp3) is 0.222. The van der Waals surface area contributed by atoms with Gasteiger partial charge in [0.2, 0.25) is 0 Å². The Bertz CT molecular complexity index is 524. The first-order valence-electron chi connectivity index (χ1n) is 4.60. The minimum atomic E-state index is -4.33. The molecule has 1 aromatic heterocycles. The summed E-state index contributed by atoms with van der Waals surface area (Å²) in [5, 5.41) is -0.376. The summed E-state index contributed by atoms with van der Waals surface area (Å²) in [5.41, 5.74) is 3.38. The van der Waals surface area contributed by atoms with Crippen LogP contribution in [-0.4, -0.2) is 24.6 Å². The summed E-state index contributed by atoms with van der Waals surface area (Å²) in [7, 11) is -4.33. The largest absolute Gasteiger partial charge is 0.312 e. The highest BCUT2D eigenvalue weighted by Gasteiger charge is 2.20. The van der Waals surface area contributed by atoms with Crippen LogP contribution in [0.2, 0.25) is 0 Å². The zero-order valence-electron chi connectivity index (χ0n) is 8.25. The molecule has 0 fully saturated rings. The SMILES string of the molecule is O=S(=O)(O)c1ncccc1C1=CCCON1. The molecule has 2 rings (SSSR count).